The van der Waals surface area contributed by atoms with Crippen LogP contribution in [-0.4, -0.2) is 15.7 Å². The Morgan fingerprint density at radius 1 is 1.11 bits per heavy atom. The van der Waals surface area contributed by atoms with Crippen LogP contribution >= 0.6 is 11.6 Å². The molecule has 1 aromatic heterocycles. The van der Waals surface area contributed by atoms with E-state index in [0.29, 0.717) is 15.4 Å². The summed E-state index contributed by atoms with van der Waals surface area (Å²) in [7, 11) is 0. The van der Waals surface area contributed by atoms with Crippen LogP contribution in [0.25, 0.3) is 5.69 Å². The second-order valence-electron chi connectivity index (χ2n) is 5.80. The van der Waals surface area contributed by atoms with Gasteiger partial charge in [-0.15, -0.1) is 0 Å². The van der Waals surface area contributed by atoms with Crippen LogP contribution in [0.2, 0.25) is 5.02 Å². The molecule has 4 nitrogen and oxygen atoms in total. The van der Waals surface area contributed by atoms with E-state index in [-0.39, 0.29) is 5.69 Å². The van der Waals surface area contributed by atoms with Gasteiger partial charge in [0, 0.05) is 10.7 Å². The highest BCUT2D eigenvalue weighted by molar-refractivity contribution is 6.30. The van der Waals surface area contributed by atoms with Crippen molar-refractivity contribution in [1.29, 1.82) is 0 Å². The lowest BCUT2D eigenvalue weighted by molar-refractivity contribution is -0.143. The number of carbonyl (C=O) groups excluding carboxylic acids is 1. The Bertz CT molecular complexity index is 948. The molecule has 0 saturated heterocycles. The highest BCUT2D eigenvalue weighted by Gasteiger charge is 2.40. The van der Waals surface area contributed by atoms with Crippen molar-refractivity contribution in [2.45, 2.75) is 19.5 Å². The number of nitrogens with zero attached hydrogens (tertiary/aromatic N) is 2. The summed E-state index contributed by atoms with van der Waals surface area (Å²) in [6, 6.07) is 12.6. The number of amides is 1. The van der Waals surface area contributed by atoms with Crippen LogP contribution < -0.4 is 5.32 Å². The third-order valence-electron chi connectivity index (χ3n) is 3.97. The first-order valence-electron chi connectivity index (χ1n) is 8.11. The molecular weight excluding hydrogens is 379 g/mol. The fourth-order valence-electron chi connectivity index (χ4n) is 2.59. The van der Waals surface area contributed by atoms with Crippen LogP contribution in [0.3, 0.4) is 0 Å². The topological polar surface area (TPSA) is 46.9 Å². The third kappa shape index (κ3) is 4.14. The molecule has 0 saturated carbocycles. The van der Waals surface area contributed by atoms with Gasteiger partial charge in [0.05, 0.1) is 17.4 Å². The first-order valence-corrected chi connectivity index (χ1v) is 8.49. The number of aromatic nitrogens is 2. The Morgan fingerprint density at radius 2 is 1.74 bits per heavy atom. The number of carbonyl (C=O) groups is 1. The molecule has 8 heteroatoms. The average Bonchev–Trinajstić information content (AvgIpc) is 3.09. The Balaban J connectivity index is 1.97. The maximum Gasteiger partial charge on any atom is 0.434 e. The van der Waals surface area contributed by atoms with Crippen molar-refractivity contribution >= 4 is 23.2 Å². The average molecular weight is 394 g/mol. The van der Waals surface area contributed by atoms with E-state index >= 15 is 0 Å². The van der Waals surface area contributed by atoms with Crippen LogP contribution in [0, 0.1) is 0 Å². The zero-order valence-electron chi connectivity index (χ0n) is 14.2. The number of rotatable bonds is 4. The number of alkyl halides is 3. The quantitative estimate of drug-likeness (QED) is 0.648. The van der Waals surface area contributed by atoms with Gasteiger partial charge in [-0.25, -0.2) is 4.68 Å². The molecule has 3 rings (SSSR count). The summed E-state index contributed by atoms with van der Waals surface area (Å²) < 4.78 is 41.6. The molecule has 0 unspecified atom stereocenters. The summed E-state index contributed by atoms with van der Waals surface area (Å²) in [4.78, 5) is 12.4. The molecule has 0 aliphatic rings. The summed E-state index contributed by atoms with van der Waals surface area (Å²) in [5.74, 6) is -0.883. The molecule has 0 atom stereocenters. The fraction of sp³-hybridized carbons (Fsp3) is 0.158. The van der Waals surface area contributed by atoms with Gasteiger partial charge in [0.1, 0.15) is 0 Å². The van der Waals surface area contributed by atoms with Crippen LogP contribution in [0.15, 0.2) is 54.7 Å². The number of hydrogen-bond donors (Lipinski definition) is 1. The molecule has 1 amide bonds. The van der Waals surface area contributed by atoms with E-state index in [0.717, 1.165) is 18.2 Å². The largest absolute Gasteiger partial charge is 0.434 e. The van der Waals surface area contributed by atoms with Crippen molar-refractivity contribution in [1.82, 2.24) is 9.78 Å². The smallest absolute Gasteiger partial charge is 0.322 e. The number of hydrogen-bond acceptors (Lipinski definition) is 2. The van der Waals surface area contributed by atoms with E-state index in [2.05, 4.69) is 10.4 Å². The first-order chi connectivity index (χ1) is 12.8. The van der Waals surface area contributed by atoms with Crippen LogP contribution in [0.4, 0.5) is 18.9 Å². The van der Waals surface area contributed by atoms with Crippen LogP contribution in [0.5, 0.6) is 0 Å². The van der Waals surface area contributed by atoms with Gasteiger partial charge in [-0.2, -0.15) is 18.3 Å². The van der Waals surface area contributed by atoms with Crippen molar-refractivity contribution in [3.8, 4) is 5.69 Å². The molecule has 140 valence electrons. The van der Waals surface area contributed by atoms with Crippen molar-refractivity contribution < 1.29 is 18.0 Å². The number of anilines is 1. The molecule has 0 aliphatic heterocycles. The SMILES string of the molecule is CCc1ccc(NC(=O)c2cnn(-c3ccc(Cl)cc3)c2C(F)(F)F)cc1. The van der Waals surface area contributed by atoms with Crippen molar-refractivity contribution in [2.24, 2.45) is 0 Å². The summed E-state index contributed by atoms with van der Waals surface area (Å²) in [6.07, 6.45) is -3.04. The Hall–Kier alpha value is -2.80. The highest BCUT2D eigenvalue weighted by Crippen LogP contribution is 2.34. The zero-order chi connectivity index (χ0) is 19.6. The van der Waals surface area contributed by atoms with Crippen LogP contribution in [-0.2, 0) is 12.6 Å². The normalized spacial score (nSPS) is 11.4. The number of benzene rings is 2. The van der Waals surface area contributed by atoms with E-state index in [1.165, 1.54) is 24.3 Å². The van der Waals surface area contributed by atoms with Crippen molar-refractivity contribution in [3.05, 3.63) is 76.6 Å². The van der Waals surface area contributed by atoms with Gasteiger partial charge in [-0.3, -0.25) is 4.79 Å². The third-order valence-corrected chi connectivity index (χ3v) is 4.23. The van der Waals surface area contributed by atoms with Crippen molar-refractivity contribution in [3.63, 3.8) is 0 Å². The summed E-state index contributed by atoms with van der Waals surface area (Å²) in [5.41, 5.74) is -0.0910. The maximum absolute atomic E-state index is 13.6. The standard InChI is InChI=1S/C19H15ClF3N3O/c1-2-12-3-7-14(8-4-12)25-18(27)16-11-24-26(17(16)19(21,22)23)15-9-5-13(20)6-10-15/h3-11H,2H2,1H3,(H,25,27). The van der Waals surface area contributed by atoms with E-state index in [1.54, 1.807) is 24.3 Å². The molecular formula is C19H15ClF3N3O. The van der Waals surface area contributed by atoms with Gasteiger partial charge in [-0.05, 0) is 48.4 Å². The predicted octanol–water partition coefficient (Wildman–Crippen LogP) is 5.36. The summed E-state index contributed by atoms with van der Waals surface area (Å²) in [5, 5.41) is 6.63. The molecule has 0 spiro atoms. The molecule has 1 heterocycles. The lowest BCUT2D eigenvalue weighted by atomic mass is 10.1. The molecule has 0 radical (unpaired) electrons. The number of aryl methyl sites for hydroxylation is 1. The van der Waals surface area contributed by atoms with Gasteiger partial charge in [0.25, 0.3) is 5.91 Å². The number of nitrogens with one attached hydrogen (secondary N) is 1. The van der Waals surface area contributed by atoms with E-state index in [4.69, 9.17) is 11.6 Å². The molecule has 0 fully saturated rings. The van der Waals surface area contributed by atoms with Crippen LogP contribution in [0.1, 0.15) is 28.5 Å². The molecule has 1 N–H and O–H groups in total. The fourth-order valence-corrected chi connectivity index (χ4v) is 2.71. The van der Waals surface area contributed by atoms with Gasteiger partial charge in [0.2, 0.25) is 0 Å². The molecule has 2 aromatic carbocycles. The van der Waals surface area contributed by atoms with Gasteiger partial charge < -0.3 is 5.32 Å². The van der Waals surface area contributed by atoms with Gasteiger partial charge >= 0.3 is 6.18 Å². The highest BCUT2D eigenvalue weighted by atomic mass is 35.5. The Morgan fingerprint density at radius 3 is 2.30 bits per heavy atom. The summed E-state index contributed by atoms with van der Waals surface area (Å²) in [6.45, 7) is 1.98. The molecule has 0 aliphatic carbocycles. The van der Waals surface area contributed by atoms with Crippen molar-refractivity contribution in [2.75, 3.05) is 5.32 Å². The van der Waals surface area contributed by atoms with Gasteiger partial charge in [0.15, 0.2) is 5.69 Å². The summed E-state index contributed by atoms with van der Waals surface area (Å²) >= 11 is 5.78. The minimum absolute atomic E-state index is 0.151. The Labute approximate surface area is 158 Å². The minimum Gasteiger partial charge on any atom is -0.322 e. The lowest BCUT2D eigenvalue weighted by Gasteiger charge is -2.13. The van der Waals surface area contributed by atoms with E-state index in [9.17, 15) is 18.0 Å². The van der Waals surface area contributed by atoms with E-state index < -0.39 is 23.3 Å². The number of halogens is 4. The minimum atomic E-state index is -4.77. The van der Waals surface area contributed by atoms with Gasteiger partial charge in [-0.1, -0.05) is 30.7 Å². The molecule has 3 aromatic rings. The lowest BCUT2D eigenvalue weighted by Crippen LogP contribution is -2.20. The monoisotopic (exact) mass is 393 g/mol. The molecule has 27 heavy (non-hydrogen) atoms. The predicted molar refractivity (Wildman–Crippen MR) is 97.3 cm³/mol. The Kier molecular flexibility index (Phi) is 5.23. The second-order valence-corrected chi connectivity index (χ2v) is 6.23. The zero-order valence-corrected chi connectivity index (χ0v) is 15.0. The maximum atomic E-state index is 13.6. The molecule has 0 bridgehead atoms. The first kappa shape index (κ1) is 19.0. The van der Waals surface area contributed by atoms with E-state index in [1.807, 2.05) is 6.92 Å². The second kappa shape index (κ2) is 7.44.